The molecule has 0 saturated heterocycles. The summed E-state index contributed by atoms with van der Waals surface area (Å²) in [7, 11) is -3.90. The first-order valence-electron chi connectivity index (χ1n) is 14.3. The number of aromatic hydroxyl groups is 2. The van der Waals surface area contributed by atoms with Crippen LogP contribution in [-0.2, 0) is 15.4 Å². The minimum atomic E-state index is -5.68. The first-order chi connectivity index (χ1) is 19.6. The van der Waals surface area contributed by atoms with Gasteiger partial charge in [-0.05, 0) is 60.6 Å². The number of phenolic OH excluding ortho intramolecular Hbond substituents is 2. The van der Waals surface area contributed by atoms with E-state index in [4.69, 9.17) is 0 Å². The summed E-state index contributed by atoms with van der Waals surface area (Å²) in [5.41, 5.74) is 2.28. The maximum atomic E-state index is 12.9. The maximum absolute atomic E-state index is 12.9. The Hall–Kier alpha value is -2.05. The molecule has 236 valence electrons. The van der Waals surface area contributed by atoms with Crippen LogP contribution in [0.2, 0.25) is 0 Å². The molecule has 3 rings (SSSR count). The van der Waals surface area contributed by atoms with Crippen LogP contribution < -0.4 is 4.72 Å². The van der Waals surface area contributed by atoms with Gasteiger partial charge in [-0.15, -0.1) is 11.8 Å². The number of unbranched alkanes of at least 4 members (excludes halogenated alkanes) is 6. The normalized spacial score (nSPS) is 19.5. The van der Waals surface area contributed by atoms with Crippen molar-refractivity contribution in [2.24, 2.45) is 0 Å². The molecule has 0 spiro atoms. The molecule has 0 amide bonds. The Balaban J connectivity index is 1.37. The third-order valence-corrected chi connectivity index (χ3v) is 10.9. The highest BCUT2D eigenvalue weighted by Crippen LogP contribution is 2.52. The molecule has 2 unspecified atom stereocenters. The van der Waals surface area contributed by atoms with Crippen LogP contribution in [0, 0.1) is 0 Å². The second-order valence-corrected chi connectivity index (χ2v) is 14.3. The molecule has 0 fully saturated rings. The average molecular weight is 638 g/mol. The molecule has 2 atom stereocenters. The number of rotatable bonds is 16. The molecule has 1 heterocycles. The first-order valence-corrected chi connectivity index (χ1v) is 17.0. The minimum absolute atomic E-state index is 0.127. The zero-order chi connectivity index (χ0) is 31.0. The Morgan fingerprint density at radius 2 is 1.48 bits per heavy atom. The van der Waals surface area contributed by atoms with Gasteiger partial charge in [0.15, 0.2) is 0 Å². The number of phenols is 2. The third-order valence-electron chi connectivity index (χ3n) is 8.01. The topological polar surface area (TPSA) is 86.6 Å². The third kappa shape index (κ3) is 9.47. The van der Waals surface area contributed by atoms with Crippen LogP contribution in [0.25, 0.3) is 0 Å². The summed E-state index contributed by atoms with van der Waals surface area (Å²) in [5.74, 6) is -4.05. The molecule has 0 aromatic heterocycles. The molecule has 2 aromatic carbocycles. The molecule has 1 aliphatic rings. The molecule has 0 aliphatic carbocycles. The molecule has 12 heteroatoms. The second-order valence-electron chi connectivity index (χ2n) is 11.3. The lowest BCUT2D eigenvalue weighted by Crippen LogP contribution is -2.37. The van der Waals surface area contributed by atoms with E-state index >= 15 is 0 Å². The van der Waals surface area contributed by atoms with E-state index < -0.39 is 40.7 Å². The average Bonchev–Trinajstić information content (AvgIpc) is 2.90. The summed E-state index contributed by atoms with van der Waals surface area (Å²) in [6, 6.07) is 13.0. The fourth-order valence-corrected chi connectivity index (χ4v) is 8.02. The van der Waals surface area contributed by atoms with Crippen LogP contribution in [0.1, 0.15) is 88.2 Å². The van der Waals surface area contributed by atoms with Crippen LogP contribution in [0.5, 0.6) is 11.5 Å². The number of hydrogen-bond donors (Lipinski definition) is 3. The molecule has 1 aliphatic heterocycles. The molecular weight excluding hydrogens is 597 g/mol. The number of fused-ring (bicyclic) bond motifs is 1. The van der Waals surface area contributed by atoms with Crippen molar-refractivity contribution in [3.63, 3.8) is 0 Å². The van der Waals surface area contributed by atoms with Crippen molar-refractivity contribution in [2.45, 2.75) is 99.5 Å². The van der Waals surface area contributed by atoms with Crippen LogP contribution in [0.3, 0.4) is 0 Å². The summed E-state index contributed by atoms with van der Waals surface area (Å²) >= 11 is 1.74. The molecule has 5 nitrogen and oxygen atoms in total. The number of thioether (sulfide) groups is 1. The standard InChI is InChI=1S/C30H40F5NO4S2/c1-28(22-11-13-23(37)14-12-22)21-41-27-20-24(38)15-16-25(27)26(28)10-7-5-3-2-4-6-8-18-36-42(39,40)19-9-17-29(31,32)30(33,34)35/h11-16,20,26,36-38H,2-10,17-19,21H2,1H3. The Labute approximate surface area is 249 Å². The molecule has 2 aromatic rings. The number of hydrogen-bond acceptors (Lipinski definition) is 5. The van der Waals surface area contributed by atoms with E-state index in [1.807, 2.05) is 24.3 Å². The molecular formula is C30H40F5NO4S2. The van der Waals surface area contributed by atoms with Gasteiger partial charge in [-0.1, -0.05) is 63.6 Å². The second kappa shape index (κ2) is 14.6. The van der Waals surface area contributed by atoms with Crippen LogP contribution in [0.15, 0.2) is 47.4 Å². The van der Waals surface area contributed by atoms with Crippen LogP contribution in [0.4, 0.5) is 22.0 Å². The lowest BCUT2D eigenvalue weighted by Gasteiger charge is -2.43. The van der Waals surface area contributed by atoms with E-state index in [2.05, 4.69) is 11.6 Å². The highest BCUT2D eigenvalue weighted by atomic mass is 32.2. The van der Waals surface area contributed by atoms with Gasteiger partial charge < -0.3 is 10.2 Å². The van der Waals surface area contributed by atoms with E-state index in [1.54, 1.807) is 30.0 Å². The smallest absolute Gasteiger partial charge is 0.453 e. The Kier molecular flexibility index (Phi) is 12.0. The van der Waals surface area contributed by atoms with Crippen molar-refractivity contribution in [1.29, 1.82) is 0 Å². The minimum Gasteiger partial charge on any atom is -0.508 e. The zero-order valence-electron chi connectivity index (χ0n) is 23.7. The van der Waals surface area contributed by atoms with Crippen molar-refractivity contribution in [1.82, 2.24) is 4.72 Å². The molecule has 3 N–H and O–H groups in total. The Morgan fingerprint density at radius 1 is 0.881 bits per heavy atom. The Morgan fingerprint density at radius 3 is 2.12 bits per heavy atom. The van der Waals surface area contributed by atoms with Gasteiger partial charge >= 0.3 is 12.1 Å². The molecule has 0 bridgehead atoms. The summed E-state index contributed by atoms with van der Waals surface area (Å²) < 4.78 is 88.5. The van der Waals surface area contributed by atoms with Crippen LogP contribution in [-0.4, -0.2) is 48.8 Å². The van der Waals surface area contributed by atoms with E-state index in [1.165, 1.54) is 11.1 Å². The van der Waals surface area contributed by atoms with Gasteiger partial charge in [0.1, 0.15) is 11.5 Å². The molecule has 0 radical (unpaired) electrons. The van der Waals surface area contributed by atoms with Crippen molar-refractivity contribution < 1.29 is 40.6 Å². The zero-order valence-corrected chi connectivity index (χ0v) is 25.4. The van der Waals surface area contributed by atoms with Gasteiger partial charge in [0, 0.05) is 29.0 Å². The SMILES string of the molecule is CC1(c2ccc(O)cc2)CSc2cc(O)ccc2C1CCCCCCCCCNS(=O)(=O)CCCC(F)(F)C(F)(F)F. The van der Waals surface area contributed by atoms with Gasteiger partial charge in [-0.2, -0.15) is 22.0 Å². The first kappa shape index (κ1) is 34.4. The fraction of sp³-hybridized carbons (Fsp3) is 0.600. The number of alkyl halides is 5. The van der Waals surface area contributed by atoms with Gasteiger partial charge in [0.25, 0.3) is 0 Å². The highest BCUT2D eigenvalue weighted by molar-refractivity contribution is 7.99. The van der Waals surface area contributed by atoms with E-state index in [0.29, 0.717) is 6.42 Å². The lowest BCUT2D eigenvalue weighted by molar-refractivity contribution is -0.284. The predicted octanol–water partition coefficient (Wildman–Crippen LogP) is 8.26. The van der Waals surface area contributed by atoms with Crippen molar-refractivity contribution >= 4 is 21.8 Å². The van der Waals surface area contributed by atoms with Crippen molar-refractivity contribution in [2.75, 3.05) is 18.1 Å². The quantitative estimate of drug-likeness (QED) is 0.127. The lowest BCUT2D eigenvalue weighted by atomic mass is 9.68. The van der Waals surface area contributed by atoms with Crippen LogP contribution >= 0.6 is 11.8 Å². The summed E-state index contributed by atoms with van der Waals surface area (Å²) in [6.45, 7) is 2.39. The van der Waals surface area contributed by atoms with Gasteiger partial charge in [-0.25, -0.2) is 13.1 Å². The van der Waals surface area contributed by atoms with E-state index in [9.17, 15) is 40.6 Å². The molecule has 42 heavy (non-hydrogen) atoms. The van der Waals surface area contributed by atoms with Gasteiger partial charge in [0.05, 0.1) is 5.75 Å². The summed E-state index contributed by atoms with van der Waals surface area (Å²) in [4.78, 5) is 1.10. The predicted molar refractivity (Wildman–Crippen MR) is 156 cm³/mol. The maximum Gasteiger partial charge on any atom is 0.453 e. The highest BCUT2D eigenvalue weighted by Gasteiger charge is 2.56. The number of nitrogens with one attached hydrogen (secondary N) is 1. The van der Waals surface area contributed by atoms with Gasteiger partial charge in [-0.3, -0.25) is 0 Å². The number of halogens is 5. The monoisotopic (exact) mass is 637 g/mol. The fourth-order valence-electron chi connectivity index (χ4n) is 5.49. The van der Waals surface area contributed by atoms with Crippen molar-refractivity contribution in [3.8, 4) is 11.5 Å². The molecule has 0 saturated carbocycles. The van der Waals surface area contributed by atoms with E-state index in [0.717, 1.165) is 55.6 Å². The largest absolute Gasteiger partial charge is 0.508 e. The van der Waals surface area contributed by atoms with Crippen molar-refractivity contribution in [3.05, 3.63) is 53.6 Å². The summed E-state index contributed by atoms with van der Waals surface area (Å²) in [6.07, 6.45) is -0.695. The number of sulfonamides is 1. The van der Waals surface area contributed by atoms with Gasteiger partial charge in [0.2, 0.25) is 10.0 Å². The van der Waals surface area contributed by atoms with E-state index in [-0.39, 0.29) is 29.4 Å². The number of benzene rings is 2. The summed E-state index contributed by atoms with van der Waals surface area (Å²) in [5, 5.41) is 19.8. The Bertz CT molecular complexity index is 1260.